The van der Waals surface area contributed by atoms with Gasteiger partial charge in [0.1, 0.15) is 17.6 Å². The topological polar surface area (TPSA) is 66.9 Å². The lowest BCUT2D eigenvalue weighted by Crippen LogP contribution is -2.51. The predicted molar refractivity (Wildman–Crippen MR) is 122 cm³/mol. The first-order chi connectivity index (χ1) is 15.6. The van der Waals surface area contributed by atoms with Crippen molar-refractivity contribution >= 4 is 35.0 Å². The van der Waals surface area contributed by atoms with Crippen LogP contribution in [0.4, 0.5) is 15.8 Å². The first-order valence-corrected chi connectivity index (χ1v) is 11.0. The van der Waals surface area contributed by atoms with Gasteiger partial charge >= 0.3 is 0 Å². The van der Waals surface area contributed by atoms with E-state index in [0.29, 0.717) is 11.4 Å². The molecule has 2 fully saturated rings. The van der Waals surface area contributed by atoms with Crippen LogP contribution in [-0.2, 0) is 14.4 Å². The maximum Gasteiger partial charge on any atom is 0.240 e. The number of ether oxygens (including phenoxy) is 1. The Morgan fingerprint density at radius 3 is 2.30 bits per heavy atom. The molecule has 7 heteroatoms. The third kappa shape index (κ3) is 3.09. The molecule has 2 amide bonds. The van der Waals surface area contributed by atoms with Gasteiger partial charge < -0.3 is 9.64 Å². The number of hydrogen-bond donors (Lipinski definition) is 0. The predicted octanol–water partition coefficient (Wildman–Crippen LogP) is 3.84. The monoisotopic (exact) mass is 448 g/mol. The van der Waals surface area contributed by atoms with Crippen LogP contribution < -0.4 is 14.5 Å². The Morgan fingerprint density at radius 2 is 1.67 bits per heavy atom. The van der Waals surface area contributed by atoms with Gasteiger partial charge in [0.05, 0.1) is 30.7 Å². The van der Waals surface area contributed by atoms with Crippen molar-refractivity contribution in [3.05, 3.63) is 59.9 Å². The highest BCUT2D eigenvalue weighted by molar-refractivity contribution is 6.25. The van der Waals surface area contributed by atoms with Crippen molar-refractivity contribution in [2.45, 2.75) is 32.9 Å². The van der Waals surface area contributed by atoms with Gasteiger partial charge in [-0.2, -0.15) is 0 Å². The molecule has 0 aliphatic carbocycles. The maximum absolute atomic E-state index is 13.7. The molecule has 2 saturated heterocycles. The van der Waals surface area contributed by atoms with E-state index in [-0.39, 0.29) is 11.7 Å². The molecule has 0 bridgehead atoms. The number of hydrogen-bond acceptors (Lipinski definition) is 5. The second kappa shape index (κ2) is 7.27. The number of ketones is 1. The maximum atomic E-state index is 13.7. The molecule has 3 aliphatic rings. The summed E-state index contributed by atoms with van der Waals surface area (Å²) in [7, 11) is 1.59. The molecular weight excluding hydrogens is 423 g/mol. The molecule has 4 atom stereocenters. The van der Waals surface area contributed by atoms with E-state index in [1.165, 1.54) is 24.3 Å². The Labute approximate surface area is 191 Å². The highest BCUT2D eigenvalue weighted by Crippen LogP contribution is 2.50. The van der Waals surface area contributed by atoms with Crippen molar-refractivity contribution < 1.29 is 23.5 Å². The molecular formula is C26H25FN2O4. The molecule has 2 aromatic carbocycles. The molecule has 0 N–H and O–H groups in total. The van der Waals surface area contributed by atoms with Crippen LogP contribution in [0.5, 0.6) is 5.75 Å². The number of carbonyl (C=O) groups excluding carboxylic acids is 3. The van der Waals surface area contributed by atoms with Crippen molar-refractivity contribution in [1.29, 1.82) is 0 Å². The van der Waals surface area contributed by atoms with Gasteiger partial charge in [0.2, 0.25) is 11.8 Å². The summed E-state index contributed by atoms with van der Waals surface area (Å²) >= 11 is 0. The zero-order valence-corrected chi connectivity index (χ0v) is 18.9. The lowest BCUT2D eigenvalue weighted by Gasteiger charge is -2.38. The second-order valence-electron chi connectivity index (χ2n) is 9.78. The molecule has 0 aromatic heterocycles. The largest absolute Gasteiger partial charge is 0.497 e. The fraction of sp³-hybridized carbons (Fsp3) is 0.346. The van der Waals surface area contributed by atoms with Crippen molar-refractivity contribution in [2.24, 2.45) is 17.3 Å². The van der Waals surface area contributed by atoms with Crippen LogP contribution in [0.1, 0.15) is 26.3 Å². The first kappa shape index (κ1) is 21.4. The molecule has 0 radical (unpaired) electrons. The Morgan fingerprint density at radius 1 is 1.00 bits per heavy atom. The lowest BCUT2D eigenvalue weighted by atomic mass is 9.79. The number of carbonyl (C=O) groups is 3. The van der Waals surface area contributed by atoms with E-state index in [9.17, 15) is 18.8 Å². The summed E-state index contributed by atoms with van der Waals surface area (Å²) in [5.74, 6) is -2.17. The minimum absolute atomic E-state index is 0.0980. The lowest BCUT2D eigenvalue weighted by molar-refractivity contribution is -0.132. The number of halogens is 1. The number of amides is 2. The average molecular weight is 448 g/mol. The van der Waals surface area contributed by atoms with E-state index >= 15 is 0 Å². The van der Waals surface area contributed by atoms with Crippen molar-refractivity contribution in [2.75, 3.05) is 16.9 Å². The van der Waals surface area contributed by atoms with Crippen LogP contribution in [0.3, 0.4) is 0 Å². The van der Waals surface area contributed by atoms with Crippen molar-refractivity contribution in [1.82, 2.24) is 0 Å². The minimum atomic E-state index is -0.822. The van der Waals surface area contributed by atoms with Gasteiger partial charge in [0.25, 0.3) is 0 Å². The van der Waals surface area contributed by atoms with Crippen LogP contribution in [0.2, 0.25) is 0 Å². The molecule has 170 valence electrons. The second-order valence-corrected chi connectivity index (χ2v) is 9.78. The summed E-state index contributed by atoms with van der Waals surface area (Å²) in [6.45, 7) is 5.47. The van der Waals surface area contributed by atoms with Crippen LogP contribution >= 0.6 is 0 Å². The number of rotatable bonds is 3. The zero-order chi connectivity index (χ0) is 23.7. The average Bonchev–Trinajstić information content (AvgIpc) is 3.26. The molecule has 3 aliphatic heterocycles. The summed E-state index contributed by atoms with van der Waals surface area (Å²) in [5.41, 5.74) is 1.27. The van der Waals surface area contributed by atoms with Gasteiger partial charge in [0, 0.05) is 16.7 Å². The van der Waals surface area contributed by atoms with Gasteiger partial charge in [-0.25, -0.2) is 9.29 Å². The SMILES string of the molecule is COc1ccc2c(c1)C=C[C@H]1[C@@H]3C(=O)N(c4ccc(F)cc4)C(=O)[C@@H]3[C@H](C(=O)C(C)(C)C)N21. The van der Waals surface area contributed by atoms with Crippen LogP contribution in [0.15, 0.2) is 48.5 Å². The normalized spacial score (nSPS) is 25.7. The summed E-state index contributed by atoms with van der Waals surface area (Å²) in [6.07, 6.45) is 3.81. The highest BCUT2D eigenvalue weighted by atomic mass is 19.1. The number of methoxy groups -OCH3 is 1. The number of Topliss-reactive ketones (excluding diaryl/α,β-unsaturated/α-hetero) is 1. The van der Waals surface area contributed by atoms with Gasteiger partial charge in [-0.05, 0) is 42.5 Å². The summed E-state index contributed by atoms with van der Waals surface area (Å²) < 4.78 is 18.8. The Balaban J connectivity index is 1.64. The van der Waals surface area contributed by atoms with Gasteiger partial charge in [-0.15, -0.1) is 0 Å². The Hall–Kier alpha value is -3.48. The van der Waals surface area contributed by atoms with Crippen LogP contribution in [0.25, 0.3) is 6.08 Å². The van der Waals surface area contributed by atoms with E-state index in [2.05, 4.69) is 0 Å². The Kier molecular flexibility index (Phi) is 4.71. The standard InChI is InChI=1S/C26H25FN2O4/c1-26(2,3)23(30)22-21-20(24(31)28(25(21)32)16-8-6-15(27)7-9-16)19-11-5-14-13-17(33-4)10-12-18(14)29(19)22/h5-13,19-22H,1-4H3/t19-,20-,21-,22+/m0/s1. The van der Waals surface area contributed by atoms with E-state index < -0.39 is 41.1 Å². The molecule has 2 aromatic rings. The number of benzene rings is 2. The zero-order valence-electron chi connectivity index (χ0n) is 18.9. The third-order valence-corrected chi connectivity index (χ3v) is 6.81. The number of fused-ring (bicyclic) bond motifs is 5. The Bertz CT molecular complexity index is 1200. The van der Waals surface area contributed by atoms with Gasteiger partial charge in [-0.3, -0.25) is 14.4 Å². The smallest absolute Gasteiger partial charge is 0.240 e. The third-order valence-electron chi connectivity index (χ3n) is 6.81. The van der Waals surface area contributed by atoms with E-state index in [4.69, 9.17) is 4.74 Å². The molecule has 3 heterocycles. The van der Waals surface area contributed by atoms with Crippen LogP contribution in [-0.4, -0.2) is 36.8 Å². The van der Waals surface area contributed by atoms with Crippen molar-refractivity contribution in [3.63, 3.8) is 0 Å². The molecule has 0 unspecified atom stereocenters. The molecule has 6 nitrogen and oxygen atoms in total. The quantitative estimate of drug-likeness (QED) is 0.668. The van der Waals surface area contributed by atoms with Gasteiger partial charge in [0.15, 0.2) is 5.78 Å². The molecule has 0 spiro atoms. The summed E-state index contributed by atoms with van der Waals surface area (Å²) in [4.78, 5) is 44.0. The van der Waals surface area contributed by atoms with Gasteiger partial charge in [-0.1, -0.05) is 32.9 Å². The fourth-order valence-corrected chi connectivity index (χ4v) is 5.27. The first-order valence-electron chi connectivity index (χ1n) is 11.0. The van der Waals surface area contributed by atoms with Crippen molar-refractivity contribution in [3.8, 4) is 5.75 Å². The summed E-state index contributed by atoms with van der Waals surface area (Å²) in [6, 6.07) is 9.62. The molecule has 0 saturated carbocycles. The van der Waals surface area contributed by atoms with E-state index in [1.807, 2.05) is 56.0 Å². The highest BCUT2D eigenvalue weighted by Gasteiger charge is 2.65. The number of imide groups is 1. The minimum Gasteiger partial charge on any atom is -0.497 e. The molecule has 5 rings (SSSR count). The number of nitrogens with zero attached hydrogens (tertiary/aromatic N) is 2. The fourth-order valence-electron chi connectivity index (χ4n) is 5.27. The number of anilines is 2. The van der Waals surface area contributed by atoms with Crippen LogP contribution in [0, 0.1) is 23.1 Å². The van der Waals surface area contributed by atoms with E-state index in [0.717, 1.165) is 16.2 Å². The molecule has 33 heavy (non-hydrogen) atoms. The summed E-state index contributed by atoms with van der Waals surface area (Å²) in [5, 5.41) is 0. The van der Waals surface area contributed by atoms with E-state index in [1.54, 1.807) is 7.11 Å².